The zero-order valence-electron chi connectivity index (χ0n) is 8.04. The number of hydrogen-bond acceptors (Lipinski definition) is 2. The van der Waals surface area contributed by atoms with E-state index in [4.69, 9.17) is 5.73 Å². The zero-order valence-corrected chi connectivity index (χ0v) is 8.04. The van der Waals surface area contributed by atoms with Crippen LogP contribution in [0.2, 0.25) is 0 Å². The van der Waals surface area contributed by atoms with E-state index < -0.39 is 0 Å². The van der Waals surface area contributed by atoms with Crippen molar-refractivity contribution in [1.82, 2.24) is 9.78 Å². The van der Waals surface area contributed by atoms with Gasteiger partial charge in [-0.3, -0.25) is 4.68 Å². The fourth-order valence-electron chi connectivity index (χ4n) is 1.27. The number of nitrogens with two attached hydrogens (primary N) is 1. The Morgan fingerprint density at radius 1 is 1.67 bits per heavy atom. The van der Waals surface area contributed by atoms with Crippen LogP contribution in [0.4, 0.5) is 0 Å². The average Bonchev–Trinajstić information content (AvgIpc) is 2.31. The summed E-state index contributed by atoms with van der Waals surface area (Å²) in [6.45, 7) is 7.06. The third kappa shape index (κ3) is 2.08. The molecule has 0 aliphatic carbocycles. The summed E-state index contributed by atoms with van der Waals surface area (Å²) < 4.78 is 1.95. The molecule has 3 nitrogen and oxygen atoms in total. The van der Waals surface area contributed by atoms with Crippen LogP contribution in [0.3, 0.4) is 0 Å². The summed E-state index contributed by atoms with van der Waals surface area (Å²) in [5, 5.41) is 4.34. The molecule has 0 aliphatic heterocycles. The van der Waals surface area contributed by atoms with Crippen LogP contribution in [0.25, 0.3) is 0 Å². The quantitative estimate of drug-likeness (QED) is 0.732. The summed E-state index contributed by atoms with van der Waals surface area (Å²) in [5.41, 5.74) is 8.08. The van der Waals surface area contributed by atoms with Gasteiger partial charge in [0, 0.05) is 18.8 Å². The highest BCUT2D eigenvalue weighted by Gasteiger charge is 2.05. The van der Waals surface area contributed by atoms with Crippen molar-refractivity contribution >= 4 is 0 Å². The molecule has 1 atom stereocenters. The van der Waals surface area contributed by atoms with Gasteiger partial charge in [0.05, 0.1) is 5.69 Å². The molecule has 1 aromatic heterocycles. The minimum absolute atomic E-state index is 0.221. The van der Waals surface area contributed by atoms with E-state index in [1.165, 1.54) is 5.56 Å². The number of rotatable bonds is 3. The number of hydrogen-bond donors (Lipinski definition) is 1. The van der Waals surface area contributed by atoms with Gasteiger partial charge in [-0.05, 0) is 32.8 Å². The van der Waals surface area contributed by atoms with Crippen molar-refractivity contribution < 1.29 is 0 Å². The largest absolute Gasteiger partial charge is 0.328 e. The van der Waals surface area contributed by atoms with E-state index in [0.717, 1.165) is 18.7 Å². The fraction of sp³-hybridized carbons (Fsp3) is 0.667. The number of nitrogens with zero attached hydrogens (tertiary/aromatic N) is 2. The van der Waals surface area contributed by atoms with E-state index in [1.807, 2.05) is 18.5 Å². The summed E-state index contributed by atoms with van der Waals surface area (Å²) in [7, 11) is 0. The summed E-state index contributed by atoms with van der Waals surface area (Å²) >= 11 is 0. The maximum absolute atomic E-state index is 5.71. The lowest BCUT2D eigenvalue weighted by Gasteiger charge is -2.01. The third-order valence-electron chi connectivity index (χ3n) is 1.91. The van der Waals surface area contributed by atoms with Gasteiger partial charge in [-0.25, -0.2) is 0 Å². The number of aryl methyl sites for hydroxylation is 2. The van der Waals surface area contributed by atoms with Gasteiger partial charge in [-0.1, -0.05) is 0 Å². The van der Waals surface area contributed by atoms with Crippen LogP contribution in [-0.2, 0) is 13.0 Å². The standard InChI is InChI=1S/C9H17N3/c1-4-12-6-9(5-7(2)10)8(3)11-12/h6-7H,4-5,10H2,1-3H3. The minimum atomic E-state index is 0.221. The normalized spacial score (nSPS) is 13.3. The zero-order chi connectivity index (χ0) is 9.14. The van der Waals surface area contributed by atoms with Crippen LogP contribution in [0.1, 0.15) is 25.1 Å². The van der Waals surface area contributed by atoms with Gasteiger partial charge in [0.2, 0.25) is 0 Å². The van der Waals surface area contributed by atoms with Gasteiger partial charge in [-0.15, -0.1) is 0 Å². The van der Waals surface area contributed by atoms with E-state index >= 15 is 0 Å². The first-order chi connectivity index (χ1) is 5.63. The predicted octanol–water partition coefficient (Wildman–Crippen LogP) is 1.10. The van der Waals surface area contributed by atoms with Crippen molar-refractivity contribution in [3.05, 3.63) is 17.5 Å². The molecule has 0 aliphatic rings. The molecule has 68 valence electrons. The van der Waals surface area contributed by atoms with Crippen LogP contribution in [0.5, 0.6) is 0 Å². The maximum atomic E-state index is 5.71. The molecule has 0 fully saturated rings. The summed E-state index contributed by atoms with van der Waals surface area (Å²) in [6, 6.07) is 0.221. The Balaban J connectivity index is 2.77. The van der Waals surface area contributed by atoms with Crippen molar-refractivity contribution in [2.45, 2.75) is 39.8 Å². The molecule has 1 heterocycles. The van der Waals surface area contributed by atoms with Gasteiger partial charge in [0.1, 0.15) is 0 Å². The first kappa shape index (κ1) is 9.26. The highest BCUT2D eigenvalue weighted by Crippen LogP contribution is 2.07. The van der Waals surface area contributed by atoms with E-state index in [9.17, 15) is 0 Å². The van der Waals surface area contributed by atoms with Crippen molar-refractivity contribution in [1.29, 1.82) is 0 Å². The van der Waals surface area contributed by atoms with E-state index in [-0.39, 0.29) is 6.04 Å². The lowest BCUT2D eigenvalue weighted by molar-refractivity contribution is 0.652. The first-order valence-electron chi connectivity index (χ1n) is 4.42. The lowest BCUT2D eigenvalue weighted by atomic mass is 10.1. The highest BCUT2D eigenvalue weighted by atomic mass is 15.3. The van der Waals surface area contributed by atoms with Crippen LogP contribution in [-0.4, -0.2) is 15.8 Å². The second kappa shape index (κ2) is 3.72. The van der Waals surface area contributed by atoms with Gasteiger partial charge >= 0.3 is 0 Å². The molecule has 0 amide bonds. The SMILES string of the molecule is CCn1cc(CC(C)N)c(C)n1. The molecule has 0 saturated heterocycles. The van der Waals surface area contributed by atoms with Crippen LogP contribution >= 0.6 is 0 Å². The molecular weight excluding hydrogens is 150 g/mol. The Labute approximate surface area is 73.6 Å². The Morgan fingerprint density at radius 2 is 2.33 bits per heavy atom. The number of aromatic nitrogens is 2. The summed E-state index contributed by atoms with van der Waals surface area (Å²) in [4.78, 5) is 0. The minimum Gasteiger partial charge on any atom is -0.328 e. The van der Waals surface area contributed by atoms with Crippen molar-refractivity contribution in [2.24, 2.45) is 5.73 Å². The first-order valence-corrected chi connectivity index (χ1v) is 4.42. The summed E-state index contributed by atoms with van der Waals surface area (Å²) in [6.07, 6.45) is 3.00. The Hall–Kier alpha value is -0.830. The van der Waals surface area contributed by atoms with Gasteiger partial charge < -0.3 is 5.73 Å². The highest BCUT2D eigenvalue weighted by molar-refractivity contribution is 5.16. The smallest absolute Gasteiger partial charge is 0.0626 e. The molecule has 0 saturated carbocycles. The Morgan fingerprint density at radius 3 is 2.75 bits per heavy atom. The second-order valence-corrected chi connectivity index (χ2v) is 3.28. The van der Waals surface area contributed by atoms with Gasteiger partial charge in [0.25, 0.3) is 0 Å². The van der Waals surface area contributed by atoms with Crippen LogP contribution < -0.4 is 5.73 Å². The molecular formula is C9H17N3. The van der Waals surface area contributed by atoms with Crippen LogP contribution in [0.15, 0.2) is 6.20 Å². The summed E-state index contributed by atoms with van der Waals surface area (Å²) in [5.74, 6) is 0. The average molecular weight is 167 g/mol. The van der Waals surface area contributed by atoms with Gasteiger partial charge in [0.15, 0.2) is 0 Å². The molecule has 12 heavy (non-hydrogen) atoms. The van der Waals surface area contributed by atoms with Crippen LogP contribution in [0, 0.1) is 6.92 Å². The lowest BCUT2D eigenvalue weighted by Crippen LogP contribution is -2.17. The molecule has 0 spiro atoms. The maximum Gasteiger partial charge on any atom is 0.0626 e. The molecule has 2 N–H and O–H groups in total. The topological polar surface area (TPSA) is 43.8 Å². The third-order valence-corrected chi connectivity index (χ3v) is 1.91. The second-order valence-electron chi connectivity index (χ2n) is 3.28. The van der Waals surface area contributed by atoms with Crippen molar-refractivity contribution in [3.63, 3.8) is 0 Å². The predicted molar refractivity (Wildman–Crippen MR) is 50.0 cm³/mol. The molecule has 1 unspecified atom stereocenters. The molecule has 0 bridgehead atoms. The molecule has 3 heteroatoms. The fourth-order valence-corrected chi connectivity index (χ4v) is 1.27. The monoisotopic (exact) mass is 167 g/mol. The molecule has 0 radical (unpaired) electrons. The Bertz CT molecular complexity index is 250. The van der Waals surface area contributed by atoms with E-state index in [1.54, 1.807) is 0 Å². The molecule has 0 aromatic carbocycles. The van der Waals surface area contributed by atoms with Crippen molar-refractivity contribution in [3.8, 4) is 0 Å². The van der Waals surface area contributed by atoms with E-state index in [0.29, 0.717) is 0 Å². The van der Waals surface area contributed by atoms with Crippen molar-refractivity contribution in [2.75, 3.05) is 0 Å². The Kier molecular flexibility index (Phi) is 2.87. The van der Waals surface area contributed by atoms with Gasteiger partial charge in [-0.2, -0.15) is 5.10 Å². The molecule has 1 rings (SSSR count). The van der Waals surface area contributed by atoms with E-state index in [2.05, 4.69) is 18.2 Å². The molecule has 1 aromatic rings.